The van der Waals surface area contributed by atoms with Gasteiger partial charge in [0, 0.05) is 6.54 Å². The highest BCUT2D eigenvalue weighted by Gasteiger charge is 2.26. The fourth-order valence-electron chi connectivity index (χ4n) is 1.71. The molecule has 0 aliphatic carbocycles. The van der Waals surface area contributed by atoms with Crippen molar-refractivity contribution in [3.63, 3.8) is 0 Å². The Labute approximate surface area is 116 Å². The summed E-state index contributed by atoms with van der Waals surface area (Å²) in [5, 5.41) is 15.9. The maximum atomic E-state index is 10.8. The number of aromatic nitrogens is 2. The Morgan fingerprint density at radius 2 is 2.00 bits per heavy atom. The zero-order chi connectivity index (χ0) is 14.8. The number of hydrogen-bond acceptors (Lipinski definition) is 5. The molecule has 2 rings (SSSR count). The van der Waals surface area contributed by atoms with E-state index < -0.39 is 11.5 Å². The summed E-state index contributed by atoms with van der Waals surface area (Å²) in [6, 6.07) is 6.74. The predicted molar refractivity (Wildman–Crippen MR) is 72.3 cm³/mol. The highest BCUT2D eigenvalue weighted by molar-refractivity contribution is 5.87. The predicted octanol–water partition coefficient (Wildman–Crippen LogP) is 2.10. The van der Waals surface area contributed by atoms with Crippen LogP contribution in [0.1, 0.15) is 41.5 Å². The maximum absolute atomic E-state index is 10.8. The molecule has 6 nitrogen and oxygen atoms in total. The lowest BCUT2D eigenvalue weighted by Crippen LogP contribution is -2.36. The van der Waals surface area contributed by atoms with Gasteiger partial charge in [0.05, 0.1) is 11.1 Å². The molecule has 2 aromatic rings. The van der Waals surface area contributed by atoms with Crippen LogP contribution in [-0.2, 0) is 12.1 Å². The number of carboxylic acids is 1. The first-order chi connectivity index (χ1) is 9.38. The SMILES string of the molecule is Cc1noc(C(C)(C)NCc2ccc(C(=O)O)cc2)n1. The number of carbonyl (C=O) groups is 1. The van der Waals surface area contributed by atoms with Gasteiger partial charge in [-0.1, -0.05) is 17.3 Å². The molecule has 0 radical (unpaired) electrons. The average Bonchev–Trinajstić information content (AvgIpc) is 2.84. The van der Waals surface area contributed by atoms with Crippen molar-refractivity contribution in [2.24, 2.45) is 0 Å². The molecule has 2 N–H and O–H groups in total. The molecule has 0 bridgehead atoms. The number of nitrogens with zero attached hydrogens (tertiary/aromatic N) is 2. The largest absolute Gasteiger partial charge is 0.478 e. The van der Waals surface area contributed by atoms with Gasteiger partial charge in [-0.2, -0.15) is 4.98 Å². The van der Waals surface area contributed by atoms with Crippen molar-refractivity contribution < 1.29 is 14.4 Å². The zero-order valence-electron chi connectivity index (χ0n) is 11.7. The van der Waals surface area contributed by atoms with E-state index in [-0.39, 0.29) is 5.56 Å². The smallest absolute Gasteiger partial charge is 0.335 e. The lowest BCUT2D eigenvalue weighted by Gasteiger charge is -2.21. The molecule has 1 heterocycles. The third kappa shape index (κ3) is 3.21. The van der Waals surface area contributed by atoms with Crippen LogP contribution in [0.5, 0.6) is 0 Å². The summed E-state index contributed by atoms with van der Waals surface area (Å²) in [5.74, 6) is 0.198. The van der Waals surface area contributed by atoms with Gasteiger partial charge in [0.25, 0.3) is 0 Å². The quantitative estimate of drug-likeness (QED) is 0.868. The Bertz CT molecular complexity index is 602. The molecule has 0 spiro atoms. The van der Waals surface area contributed by atoms with Gasteiger partial charge in [0.15, 0.2) is 5.82 Å². The van der Waals surface area contributed by atoms with Crippen LogP contribution in [-0.4, -0.2) is 21.2 Å². The van der Waals surface area contributed by atoms with Crippen molar-refractivity contribution in [3.8, 4) is 0 Å². The minimum absolute atomic E-state index is 0.278. The van der Waals surface area contributed by atoms with E-state index in [1.54, 1.807) is 31.2 Å². The average molecular weight is 275 g/mol. The normalized spacial score (nSPS) is 11.6. The Morgan fingerprint density at radius 3 is 2.50 bits per heavy atom. The Hall–Kier alpha value is -2.21. The summed E-state index contributed by atoms with van der Waals surface area (Å²) in [7, 11) is 0. The fourth-order valence-corrected chi connectivity index (χ4v) is 1.71. The lowest BCUT2D eigenvalue weighted by molar-refractivity contribution is 0.0697. The number of benzene rings is 1. The molecule has 0 atom stereocenters. The number of rotatable bonds is 5. The van der Waals surface area contributed by atoms with Crippen LogP contribution in [0.4, 0.5) is 0 Å². The number of aromatic carboxylic acids is 1. The van der Waals surface area contributed by atoms with Crippen LogP contribution in [0.2, 0.25) is 0 Å². The molecule has 1 aromatic heterocycles. The van der Waals surface area contributed by atoms with E-state index in [0.29, 0.717) is 18.3 Å². The van der Waals surface area contributed by atoms with E-state index in [4.69, 9.17) is 9.63 Å². The Balaban J connectivity index is 2.02. The molecule has 0 aliphatic heterocycles. The first kappa shape index (κ1) is 14.2. The van der Waals surface area contributed by atoms with Crippen molar-refractivity contribution in [2.75, 3.05) is 0 Å². The Kier molecular flexibility index (Phi) is 3.85. The third-order valence-corrected chi connectivity index (χ3v) is 3.00. The van der Waals surface area contributed by atoms with Crippen LogP contribution in [0, 0.1) is 6.92 Å². The standard InChI is InChI=1S/C14H17N3O3/c1-9-16-13(20-17-9)14(2,3)15-8-10-4-6-11(7-5-10)12(18)19/h4-7,15H,8H2,1-3H3,(H,18,19). The van der Waals surface area contributed by atoms with E-state index in [1.807, 2.05) is 13.8 Å². The molecule has 0 amide bonds. The molecule has 0 saturated carbocycles. The van der Waals surface area contributed by atoms with Crippen LogP contribution in [0.25, 0.3) is 0 Å². The topological polar surface area (TPSA) is 88.2 Å². The molecule has 6 heteroatoms. The summed E-state index contributed by atoms with van der Waals surface area (Å²) in [6.45, 7) is 6.25. The van der Waals surface area contributed by atoms with Crippen molar-refractivity contribution >= 4 is 5.97 Å². The van der Waals surface area contributed by atoms with E-state index in [9.17, 15) is 4.79 Å². The van der Waals surface area contributed by atoms with Gasteiger partial charge < -0.3 is 9.63 Å². The second kappa shape index (κ2) is 5.42. The monoisotopic (exact) mass is 275 g/mol. The first-order valence-electron chi connectivity index (χ1n) is 6.26. The van der Waals surface area contributed by atoms with Crippen LogP contribution in [0.3, 0.4) is 0 Å². The van der Waals surface area contributed by atoms with Crippen molar-refractivity contribution in [2.45, 2.75) is 32.9 Å². The van der Waals surface area contributed by atoms with Gasteiger partial charge in [-0.25, -0.2) is 4.79 Å². The molecule has 0 saturated heterocycles. The summed E-state index contributed by atoms with van der Waals surface area (Å²) in [5.41, 5.74) is 0.812. The zero-order valence-corrected chi connectivity index (χ0v) is 11.7. The van der Waals surface area contributed by atoms with Crippen LogP contribution >= 0.6 is 0 Å². The minimum atomic E-state index is -0.925. The molecule has 0 aliphatic rings. The molecular formula is C14H17N3O3. The summed E-state index contributed by atoms with van der Waals surface area (Å²) in [4.78, 5) is 15.0. The van der Waals surface area contributed by atoms with Gasteiger partial charge in [-0.15, -0.1) is 0 Å². The highest BCUT2D eigenvalue weighted by atomic mass is 16.5. The van der Waals surface area contributed by atoms with E-state index >= 15 is 0 Å². The third-order valence-electron chi connectivity index (χ3n) is 3.00. The first-order valence-corrected chi connectivity index (χ1v) is 6.26. The van der Waals surface area contributed by atoms with E-state index in [0.717, 1.165) is 5.56 Å². The van der Waals surface area contributed by atoms with Crippen LogP contribution < -0.4 is 5.32 Å². The molecule has 1 aromatic carbocycles. The van der Waals surface area contributed by atoms with E-state index in [1.165, 1.54) is 0 Å². The summed E-state index contributed by atoms with van der Waals surface area (Å²) < 4.78 is 5.17. The van der Waals surface area contributed by atoms with Gasteiger partial charge in [0.2, 0.25) is 5.89 Å². The highest BCUT2D eigenvalue weighted by Crippen LogP contribution is 2.18. The summed E-state index contributed by atoms with van der Waals surface area (Å²) >= 11 is 0. The molecule has 20 heavy (non-hydrogen) atoms. The molecule has 0 unspecified atom stereocenters. The lowest BCUT2D eigenvalue weighted by atomic mass is 10.0. The number of hydrogen-bond donors (Lipinski definition) is 2. The fraction of sp³-hybridized carbons (Fsp3) is 0.357. The number of aryl methyl sites for hydroxylation is 1. The number of nitrogens with one attached hydrogen (secondary N) is 1. The van der Waals surface area contributed by atoms with Gasteiger partial charge in [-0.05, 0) is 38.5 Å². The maximum Gasteiger partial charge on any atom is 0.335 e. The van der Waals surface area contributed by atoms with Crippen molar-refractivity contribution in [1.29, 1.82) is 0 Å². The summed E-state index contributed by atoms with van der Waals surface area (Å²) in [6.07, 6.45) is 0. The van der Waals surface area contributed by atoms with Crippen LogP contribution in [0.15, 0.2) is 28.8 Å². The van der Waals surface area contributed by atoms with Gasteiger partial charge >= 0.3 is 5.97 Å². The molecule has 106 valence electrons. The van der Waals surface area contributed by atoms with E-state index in [2.05, 4.69) is 15.5 Å². The van der Waals surface area contributed by atoms with Crippen molar-refractivity contribution in [1.82, 2.24) is 15.5 Å². The van der Waals surface area contributed by atoms with Gasteiger partial charge in [-0.3, -0.25) is 5.32 Å². The second-order valence-electron chi connectivity index (χ2n) is 5.13. The molecular weight excluding hydrogens is 258 g/mol. The van der Waals surface area contributed by atoms with Crippen molar-refractivity contribution in [3.05, 3.63) is 47.1 Å². The van der Waals surface area contributed by atoms with Gasteiger partial charge in [0.1, 0.15) is 0 Å². The number of carboxylic acid groups (broad SMARTS) is 1. The Morgan fingerprint density at radius 1 is 1.35 bits per heavy atom. The molecule has 0 fully saturated rings. The second-order valence-corrected chi connectivity index (χ2v) is 5.13. The minimum Gasteiger partial charge on any atom is -0.478 e.